The quantitative estimate of drug-likeness (QED) is 0.718. The number of H-pyrrole nitrogens is 1. The molecule has 0 radical (unpaired) electrons. The van der Waals surface area contributed by atoms with Gasteiger partial charge in [0.2, 0.25) is 0 Å². The molecular formula is C15H19FN2O2S. The van der Waals surface area contributed by atoms with Crippen LogP contribution in [-0.4, -0.2) is 39.6 Å². The van der Waals surface area contributed by atoms with Crippen LogP contribution in [0.5, 0.6) is 0 Å². The lowest BCUT2D eigenvalue weighted by molar-refractivity contribution is 0.0952. The van der Waals surface area contributed by atoms with Crippen LogP contribution >= 0.6 is 11.8 Å². The van der Waals surface area contributed by atoms with Crippen LogP contribution in [0.1, 0.15) is 24.3 Å². The summed E-state index contributed by atoms with van der Waals surface area (Å²) < 4.78 is 13.5. The van der Waals surface area contributed by atoms with Gasteiger partial charge in [0.25, 0.3) is 5.91 Å². The second kappa shape index (κ2) is 6.49. The molecule has 0 atom stereocenters. The van der Waals surface area contributed by atoms with Gasteiger partial charge in [-0.2, -0.15) is 11.8 Å². The molecule has 3 N–H and O–H groups in total. The topological polar surface area (TPSA) is 65.1 Å². The highest BCUT2D eigenvalue weighted by atomic mass is 32.2. The smallest absolute Gasteiger partial charge is 0.267 e. The largest absolute Gasteiger partial charge is 0.390 e. The molecule has 1 amide bonds. The number of amides is 1. The predicted molar refractivity (Wildman–Crippen MR) is 84.2 cm³/mol. The number of aromatic nitrogens is 1. The number of benzene rings is 1. The second-order valence-corrected chi connectivity index (χ2v) is 6.61. The fraction of sp³-hybridized carbons (Fsp3) is 0.400. The van der Waals surface area contributed by atoms with Crippen molar-refractivity contribution in [3.63, 3.8) is 0 Å². The molecular weight excluding hydrogens is 291 g/mol. The molecule has 0 saturated carbocycles. The van der Waals surface area contributed by atoms with Gasteiger partial charge in [-0.05, 0) is 32.0 Å². The van der Waals surface area contributed by atoms with Crippen molar-refractivity contribution in [3.05, 3.63) is 35.8 Å². The van der Waals surface area contributed by atoms with E-state index in [2.05, 4.69) is 10.3 Å². The van der Waals surface area contributed by atoms with Gasteiger partial charge in [0.15, 0.2) is 0 Å². The van der Waals surface area contributed by atoms with Crippen LogP contribution in [0.3, 0.4) is 0 Å². The van der Waals surface area contributed by atoms with Crippen molar-refractivity contribution in [3.8, 4) is 0 Å². The van der Waals surface area contributed by atoms with E-state index >= 15 is 0 Å². The van der Waals surface area contributed by atoms with Crippen LogP contribution in [0.15, 0.2) is 24.3 Å². The third kappa shape index (κ3) is 4.47. The monoisotopic (exact) mass is 310 g/mol. The highest BCUT2D eigenvalue weighted by Crippen LogP contribution is 2.18. The fourth-order valence-corrected chi connectivity index (χ4v) is 2.78. The predicted octanol–water partition coefficient (Wildman–Crippen LogP) is 2.54. The fourth-order valence-electron chi connectivity index (χ4n) is 1.89. The van der Waals surface area contributed by atoms with E-state index in [0.29, 0.717) is 34.6 Å². The second-order valence-electron chi connectivity index (χ2n) is 5.51. The van der Waals surface area contributed by atoms with Gasteiger partial charge in [-0.1, -0.05) is 6.07 Å². The van der Waals surface area contributed by atoms with Crippen molar-refractivity contribution < 1.29 is 14.3 Å². The highest BCUT2D eigenvalue weighted by molar-refractivity contribution is 7.99. The summed E-state index contributed by atoms with van der Waals surface area (Å²) in [6.07, 6.45) is 0. The van der Waals surface area contributed by atoms with E-state index in [0.717, 1.165) is 0 Å². The van der Waals surface area contributed by atoms with Gasteiger partial charge in [-0.15, -0.1) is 0 Å². The number of carbonyl (C=O) groups excluding carboxylic acids is 1. The minimum Gasteiger partial charge on any atom is -0.390 e. The Labute approximate surface area is 127 Å². The Bertz CT molecular complexity index is 634. The number of rotatable bonds is 6. The van der Waals surface area contributed by atoms with Gasteiger partial charge < -0.3 is 15.4 Å². The van der Waals surface area contributed by atoms with Crippen molar-refractivity contribution in [2.45, 2.75) is 19.4 Å². The first kappa shape index (κ1) is 15.9. The molecule has 0 spiro atoms. The minimum atomic E-state index is -0.705. The zero-order valence-electron chi connectivity index (χ0n) is 12.1. The Morgan fingerprint density at radius 1 is 1.48 bits per heavy atom. The molecule has 21 heavy (non-hydrogen) atoms. The number of aromatic amines is 1. The molecule has 1 heterocycles. The summed E-state index contributed by atoms with van der Waals surface area (Å²) in [4.78, 5) is 14.9. The van der Waals surface area contributed by atoms with E-state index in [-0.39, 0.29) is 11.7 Å². The zero-order valence-corrected chi connectivity index (χ0v) is 12.9. The average molecular weight is 310 g/mol. The lowest BCUT2D eigenvalue weighted by Crippen LogP contribution is -2.27. The van der Waals surface area contributed by atoms with E-state index in [4.69, 9.17) is 0 Å². The van der Waals surface area contributed by atoms with Crippen molar-refractivity contribution >= 4 is 28.6 Å². The Kier molecular flexibility index (Phi) is 4.90. The van der Waals surface area contributed by atoms with Crippen molar-refractivity contribution in [1.29, 1.82) is 0 Å². The number of fused-ring (bicyclic) bond motifs is 1. The molecule has 0 unspecified atom stereocenters. The summed E-state index contributed by atoms with van der Waals surface area (Å²) in [6.45, 7) is 3.99. The van der Waals surface area contributed by atoms with Crippen LogP contribution < -0.4 is 5.32 Å². The maximum Gasteiger partial charge on any atom is 0.267 e. The van der Waals surface area contributed by atoms with Gasteiger partial charge in [-0.25, -0.2) is 4.39 Å². The summed E-state index contributed by atoms with van der Waals surface area (Å²) >= 11 is 1.57. The third-order valence-electron chi connectivity index (χ3n) is 2.84. The Balaban J connectivity index is 1.86. The van der Waals surface area contributed by atoms with E-state index in [1.54, 1.807) is 37.7 Å². The summed E-state index contributed by atoms with van der Waals surface area (Å²) in [5.74, 6) is 0.725. The first-order chi connectivity index (χ1) is 9.87. The molecule has 6 heteroatoms. The number of thioether (sulfide) groups is 1. The van der Waals surface area contributed by atoms with Crippen LogP contribution in [0.4, 0.5) is 4.39 Å². The number of carbonyl (C=O) groups is 1. The molecule has 1 aromatic carbocycles. The first-order valence-electron chi connectivity index (χ1n) is 6.72. The SMILES string of the molecule is CC(C)(O)CSCCNC(=O)c1cc2c(F)cccc2[nH]1. The molecule has 0 bridgehead atoms. The Morgan fingerprint density at radius 2 is 2.24 bits per heavy atom. The first-order valence-corrected chi connectivity index (χ1v) is 7.88. The maximum atomic E-state index is 13.5. The summed E-state index contributed by atoms with van der Waals surface area (Å²) in [5, 5.41) is 12.7. The van der Waals surface area contributed by atoms with Crippen LogP contribution in [0, 0.1) is 5.82 Å². The maximum absolute atomic E-state index is 13.5. The lowest BCUT2D eigenvalue weighted by atomic mass is 10.2. The van der Waals surface area contributed by atoms with E-state index < -0.39 is 5.60 Å². The van der Waals surface area contributed by atoms with Crippen LogP contribution in [-0.2, 0) is 0 Å². The molecule has 114 valence electrons. The van der Waals surface area contributed by atoms with Crippen LogP contribution in [0.2, 0.25) is 0 Å². The van der Waals surface area contributed by atoms with Crippen molar-refractivity contribution in [2.24, 2.45) is 0 Å². The van der Waals surface area contributed by atoms with E-state index in [1.807, 2.05) is 0 Å². The van der Waals surface area contributed by atoms with Crippen molar-refractivity contribution in [2.75, 3.05) is 18.1 Å². The van der Waals surface area contributed by atoms with Gasteiger partial charge in [0, 0.05) is 29.0 Å². The number of halogens is 1. The summed E-state index contributed by atoms with van der Waals surface area (Å²) in [5.41, 5.74) is 0.253. The lowest BCUT2D eigenvalue weighted by Gasteiger charge is -2.15. The van der Waals surface area contributed by atoms with E-state index in [1.165, 1.54) is 12.1 Å². The molecule has 2 rings (SSSR count). The molecule has 0 saturated heterocycles. The number of hydrogen-bond donors (Lipinski definition) is 3. The van der Waals surface area contributed by atoms with Gasteiger partial charge in [-0.3, -0.25) is 4.79 Å². The molecule has 0 aliphatic carbocycles. The third-order valence-corrected chi connectivity index (χ3v) is 4.25. The molecule has 4 nitrogen and oxygen atoms in total. The number of hydrogen-bond acceptors (Lipinski definition) is 3. The highest BCUT2D eigenvalue weighted by Gasteiger charge is 2.13. The van der Waals surface area contributed by atoms with Gasteiger partial charge in [0.1, 0.15) is 11.5 Å². The standard InChI is InChI=1S/C15H19FN2O2S/c1-15(2,20)9-21-7-6-17-14(19)13-8-10-11(16)4-3-5-12(10)18-13/h3-5,8,18,20H,6-7,9H2,1-2H3,(H,17,19). The summed E-state index contributed by atoms with van der Waals surface area (Å²) in [7, 11) is 0. The van der Waals surface area contributed by atoms with Crippen molar-refractivity contribution in [1.82, 2.24) is 10.3 Å². The van der Waals surface area contributed by atoms with Gasteiger partial charge in [0.05, 0.1) is 5.60 Å². The summed E-state index contributed by atoms with van der Waals surface area (Å²) in [6, 6.07) is 6.21. The number of nitrogens with one attached hydrogen (secondary N) is 2. The van der Waals surface area contributed by atoms with E-state index in [9.17, 15) is 14.3 Å². The Morgan fingerprint density at radius 3 is 2.90 bits per heavy atom. The molecule has 0 aliphatic heterocycles. The zero-order chi connectivity index (χ0) is 15.5. The molecule has 2 aromatic rings. The normalized spacial score (nSPS) is 11.8. The Hall–Kier alpha value is -1.53. The average Bonchev–Trinajstić information content (AvgIpc) is 2.82. The number of aliphatic hydroxyl groups is 1. The molecule has 0 fully saturated rings. The van der Waals surface area contributed by atoms with Crippen LogP contribution in [0.25, 0.3) is 10.9 Å². The molecule has 0 aliphatic rings. The minimum absolute atomic E-state index is 0.255. The molecule has 1 aromatic heterocycles. The van der Waals surface area contributed by atoms with Gasteiger partial charge >= 0.3 is 0 Å².